The van der Waals surface area contributed by atoms with Gasteiger partial charge in [0.2, 0.25) is 5.91 Å². The van der Waals surface area contributed by atoms with Crippen molar-refractivity contribution in [2.75, 3.05) is 27.4 Å². The van der Waals surface area contributed by atoms with Gasteiger partial charge in [0.1, 0.15) is 6.61 Å². The molecule has 2 heterocycles. The van der Waals surface area contributed by atoms with E-state index in [2.05, 4.69) is 4.98 Å². The number of carbonyl (C=O) groups excluding carboxylic acids is 1. The summed E-state index contributed by atoms with van der Waals surface area (Å²) in [6.07, 6.45) is 0.792. The highest BCUT2D eigenvalue weighted by Crippen LogP contribution is 2.37. The minimum atomic E-state index is 0.0124. The third-order valence-corrected chi connectivity index (χ3v) is 4.18. The van der Waals surface area contributed by atoms with E-state index >= 15 is 0 Å². The number of methoxy groups -OCH3 is 2. The largest absolute Gasteiger partial charge is 0.493 e. The molecule has 0 radical (unpaired) electrons. The maximum absolute atomic E-state index is 12.0. The molecule has 1 aromatic heterocycles. The van der Waals surface area contributed by atoms with Crippen LogP contribution < -0.4 is 4.74 Å². The topological polar surface area (TPSA) is 54.6 Å². The monoisotopic (exact) mass is 308 g/mol. The summed E-state index contributed by atoms with van der Waals surface area (Å²) >= 11 is 6.16. The molecular formula is C15H17ClN2O3. The van der Waals surface area contributed by atoms with Crippen LogP contribution in [0.1, 0.15) is 11.3 Å². The van der Waals surface area contributed by atoms with Crippen molar-refractivity contribution < 1.29 is 14.3 Å². The number of rotatable bonds is 3. The first-order chi connectivity index (χ1) is 10.2. The van der Waals surface area contributed by atoms with Gasteiger partial charge in [-0.25, -0.2) is 0 Å². The molecule has 1 N–H and O–H groups in total. The van der Waals surface area contributed by atoms with E-state index in [0.29, 0.717) is 23.9 Å². The number of hydrogen-bond acceptors (Lipinski definition) is 3. The standard InChI is InChI=1S/C15H17ClN2O3/c1-20-8-13(19)18-6-5-12-10(7-18)9-3-4-11(16)15(21-2)14(9)17-12/h3-4,17H,5-8H2,1-2H3. The number of H-pyrrole nitrogens is 1. The SMILES string of the molecule is COCC(=O)N1CCc2[nH]c3c(OC)c(Cl)ccc3c2C1. The highest BCUT2D eigenvalue weighted by molar-refractivity contribution is 6.33. The van der Waals surface area contributed by atoms with Crippen LogP contribution in [0.25, 0.3) is 10.9 Å². The van der Waals surface area contributed by atoms with Crippen molar-refractivity contribution in [3.63, 3.8) is 0 Å². The van der Waals surface area contributed by atoms with E-state index in [0.717, 1.165) is 28.6 Å². The fraction of sp³-hybridized carbons (Fsp3) is 0.400. The van der Waals surface area contributed by atoms with E-state index in [4.69, 9.17) is 21.1 Å². The zero-order valence-corrected chi connectivity index (χ0v) is 12.8. The quantitative estimate of drug-likeness (QED) is 0.947. The second kappa shape index (κ2) is 5.58. The van der Waals surface area contributed by atoms with Gasteiger partial charge in [0, 0.05) is 43.3 Å². The molecule has 5 nitrogen and oxygen atoms in total. The molecule has 1 amide bonds. The van der Waals surface area contributed by atoms with Crippen LogP contribution >= 0.6 is 11.6 Å². The maximum atomic E-state index is 12.0. The van der Waals surface area contributed by atoms with Gasteiger partial charge in [-0.15, -0.1) is 0 Å². The minimum absolute atomic E-state index is 0.0124. The van der Waals surface area contributed by atoms with E-state index in [1.165, 1.54) is 7.11 Å². The van der Waals surface area contributed by atoms with Gasteiger partial charge in [-0.3, -0.25) is 4.79 Å². The molecule has 0 saturated carbocycles. The summed E-state index contributed by atoms with van der Waals surface area (Å²) in [5.41, 5.74) is 3.18. The number of aromatic nitrogens is 1. The fourth-order valence-corrected chi connectivity index (χ4v) is 3.09. The Morgan fingerprint density at radius 1 is 1.43 bits per heavy atom. The average molecular weight is 309 g/mol. The van der Waals surface area contributed by atoms with Gasteiger partial charge in [0.05, 0.1) is 17.6 Å². The summed E-state index contributed by atoms with van der Waals surface area (Å²) in [5.74, 6) is 0.664. The first-order valence-corrected chi connectivity index (χ1v) is 7.16. The van der Waals surface area contributed by atoms with Gasteiger partial charge in [0.15, 0.2) is 5.75 Å². The number of carbonyl (C=O) groups is 1. The second-order valence-corrected chi connectivity index (χ2v) is 5.49. The molecule has 0 atom stereocenters. The van der Waals surface area contributed by atoms with Crippen LogP contribution in [0.2, 0.25) is 5.02 Å². The van der Waals surface area contributed by atoms with E-state index in [-0.39, 0.29) is 12.5 Å². The lowest BCUT2D eigenvalue weighted by Crippen LogP contribution is -2.37. The predicted octanol–water partition coefficient (Wildman–Crippen LogP) is 2.36. The predicted molar refractivity (Wildman–Crippen MR) is 80.9 cm³/mol. The Morgan fingerprint density at radius 2 is 2.24 bits per heavy atom. The Bertz CT molecular complexity index is 696. The molecule has 1 aliphatic heterocycles. The van der Waals surface area contributed by atoms with Crippen molar-refractivity contribution in [2.45, 2.75) is 13.0 Å². The molecular weight excluding hydrogens is 292 g/mol. The third kappa shape index (κ3) is 2.36. The molecule has 0 aliphatic carbocycles. The number of nitrogens with one attached hydrogen (secondary N) is 1. The highest BCUT2D eigenvalue weighted by Gasteiger charge is 2.25. The Hall–Kier alpha value is -1.72. The first kappa shape index (κ1) is 14.2. The summed E-state index contributed by atoms with van der Waals surface area (Å²) in [6, 6.07) is 3.80. The van der Waals surface area contributed by atoms with Crippen molar-refractivity contribution in [1.82, 2.24) is 9.88 Å². The van der Waals surface area contributed by atoms with Crippen LogP contribution in [0.4, 0.5) is 0 Å². The Kier molecular flexibility index (Phi) is 3.78. The number of benzene rings is 1. The number of hydrogen-bond donors (Lipinski definition) is 1. The van der Waals surface area contributed by atoms with Gasteiger partial charge in [-0.2, -0.15) is 0 Å². The van der Waals surface area contributed by atoms with E-state index in [9.17, 15) is 4.79 Å². The lowest BCUT2D eigenvalue weighted by atomic mass is 10.0. The van der Waals surface area contributed by atoms with Crippen LogP contribution in [-0.4, -0.2) is 43.2 Å². The summed E-state index contributed by atoms with van der Waals surface area (Å²) in [7, 11) is 3.14. The minimum Gasteiger partial charge on any atom is -0.493 e. The Balaban J connectivity index is 2.02. The van der Waals surface area contributed by atoms with Gasteiger partial charge >= 0.3 is 0 Å². The van der Waals surface area contributed by atoms with Gasteiger partial charge in [-0.05, 0) is 6.07 Å². The summed E-state index contributed by atoms with van der Waals surface area (Å²) in [5, 5.41) is 1.64. The zero-order valence-electron chi connectivity index (χ0n) is 12.0. The molecule has 1 aromatic carbocycles. The van der Waals surface area contributed by atoms with Crippen molar-refractivity contribution >= 4 is 28.4 Å². The zero-order chi connectivity index (χ0) is 15.0. The van der Waals surface area contributed by atoms with E-state index in [1.807, 2.05) is 17.0 Å². The van der Waals surface area contributed by atoms with Crippen molar-refractivity contribution in [3.05, 3.63) is 28.4 Å². The third-order valence-electron chi connectivity index (χ3n) is 3.88. The molecule has 112 valence electrons. The maximum Gasteiger partial charge on any atom is 0.248 e. The number of ether oxygens (including phenoxy) is 2. The molecule has 6 heteroatoms. The lowest BCUT2D eigenvalue weighted by Gasteiger charge is -2.27. The van der Waals surface area contributed by atoms with E-state index in [1.54, 1.807) is 7.11 Å². The summed E-state index contributed by atoms with van der Waals surface area (Å²) in [4.78, 5) is 17.2. The van der Waals surface area contributed by atoms with Crippen LogP contribution in [0.3, 0.4) is 0 Å². The molecule has 0 bridgehead atoms. The fourth-order valence-electron chi connectivity index (χ4n) is 2.86. The average Bonchev–Trinajstić information content (AvgIpc) is 2.85. The Labute approximate surface area is 127 Å². The summed E-state index contributed by atoms with van der Waals surface area (Å²) in [6.45, 7) is 1.40. The molecule has 3 rings (SSSR count). The molecule has 0 spiro atoms. The number of nitrogens with zero attached hydrogens (tertiary/aromatic N) is 1. The van der Waals surface area contributed by atoms with Crippen molar-refractivity contribution in [2.24, 2.45) is 0 Å². The first-order valence-electron chi connectivity index (χ1n) is 6.78. The normalized spacial score (nSPS) is 14.3. The lowest BCUT2D eigenvalue weighted by molar-refractivity contribution is -0.136. The van der Waals surface area contributed by atoms with Gasteiger partial charge in [0.25, 0.3) is 0 Å². The van der Waals surface area contributed by atoms with Crippen LogP contribution in [-0.2, 0) is 22.5 Å². The smallest absolute Gasteiger partial charge is 0.248 e. The second-order valence-electron chi connectivity index (χ2n) is 5.08. The molecule has 21 heavy (non-hydrogen) atoms. The Morgan fingerprint density at radius 3 is 2.95 bits per heavy atom. The molecule has 0 unspecified atom stereocenters. The van der Waals surface area contributed by atoms with Crippen molar-refractivity contribution in [1.29, 1.82) is 0 Å². The van der Waals surface area contributed by atoms with Gasteiger partial charge < -0.3 is 19.4 Å². The number of amides is 1. The summed E-state index contributed by atoms with van der Waals surface area (Å²) < 4.78 is 10.3. The number of fused-ring (bicyclic) bond motifs is 3. The van der Waals surface area contributed by atoms with Crippen LogP contribution in [0.15, 0.2) is 12.1 Å². The van der Waals surface area contributed by atoms with Crippen LogP contribution in [0, 0.1) is 0 Å². The molecule has 0 saturated heterocycles. The van der Waals surface area contributed by atoms with Crippen LogP contribution in [0.5, 0.6) is 5.75 Å². The molecule has 1 aliphatic rings. The molecule has 2 aromatic rings. The molecule has 0 fully saturated rings. The van der Waals surface area contributed by atoms with E-state index < -0.39 is 0 Å². The highest BCUT2D eigenvalue weighted by atomic mass is 35.5. The van der Waals surface area contributed by atoms with Gasteiger partial charge in [-0.1, -0.05) is 17.7 Å². The van der Waals surface area contributed by atoms with Crippen molar-refractivity contribution in [3.8, 4) is 5.75 Å². The number of halogens is 1. The number of aromatic amines is 1.